The molecule has 1 fully saturated rings. The highest BCUT2D eigenvalue weighted by Crippen LogP contribution is 2.31. The van der Waals surface area contributed by atoms with E-state index >= 15 is 0 Å². The summed E-state index contributed by atoms with van der Waals surface area (Å²) in [5.41, 5.74) is 1.10. The van der Waals surface area contributed by atoms with Gasteiger partial charge in [0.15, 0.2) is 0 Å². The monoisotopic (exact) mass is 229 g/mol. The Morgan fingerprint density at radius 1 is 1.29 bits per heavy atom. The average molecular weight is 229 g/mol. The zero-order chi connectivity index (χ0) is 11.7. The highest BCUT2D eigenvalue weighted by atomic mass is 16.2. The zero-order valence-electron chi connectivity index (χ0n) is 9.60. The SMILES string of the molecule is O=C1CN=C(N(CC2CC2)c2ccccc2)N1. The third-order valence-corrected chi connectivity index (χ3v) is 3.08. The standard InChI is InChI=1S/C13H15N3O/c17-12-8-14-13(15-12)16(9-10-6-7-10)11-4-2-1-3-5-11/h1-5,10H,6-9H2,(H,14,15,17). The maximum absolute atomic E-state index is 11.2. The first-order valence-corrected chi connectivity index (χ1v) is 6.00. The Labute approximate surface area is 100 Å². The molecule has 0 aromatic heterocycles. The number of carbonyl (C=O) groups is 1. The van der Waals surface area contributed by atoms with Crippen LogP contribution in [0.4, 0.5) is 5.69 Å². The van der Waals surface area contributed by atoms with E-state index in [9.17, 15) is 4.79 Å². The molecule has 0 atom stereocenters. The maximum Gasteiger partial charge on any atom is 0.248 e. The van der Waals surface area contributed by atoms with Crippen LogP contribution in [0.15, 0.2) is 35.3 Å². The Bertz CT molecular complexity index is 451. The number of hydrogen-bond acceptors (Lipinski definition) is 3. The van der Waals surface area contributed by atoms with Crippen LogP contribution < -0.4 is 10.2 Å². The Hall–Kier alpha value is -1.84. The van der Waals surface area contributed by atoms with E-state index in [2.05, 4.69) is 27.3 Å². The van der Waals surface area contributed by atoms with E-state index < -0.39 is 0 Å². The largest absolute Gasteiger partial charge is 0.312 e. The lowest BCUT2D eigenvalue weighted by atomic mass is 10.2. The fourth-order valence-corrected chi connectivity index (χ4v) is 1.98. The Balaban J connectivity index is 1.83. The molecule has 17 heavy (non-hydrogen) atoms. The fourth-order valence-electron chi connectivity index (χ4n) is 1.98. The Morgan fingerprint density at radius 3 is 2.65 bits per heavy atom. The second-order valence-electron chi connectivity index (χ2n) is 4.58. The minimum atomic E-state index is -0.0169. The van der Waals surface area contributed by atoms with E-state index in [4.69, 9.17) is 0 Å². The normalized spacial score (nSPS) is 18.8. The molecule has 0 radical (unpaired) electrons. The minimum Gasteiger partial charge on any atom is -0.312 e. The van der Waals surface area contributed by atoms with Gasteiger partial charge in [0.2, 0.25) is 11.9 Å². The summed E-state index contributed by atoms with van der Waals surface area (Å²) in [5, 5.41) is 2.82. The van der Waals surface area contributed by atoms with Crippen LogP contribution in [0.2, 0.25) is 0 Å². The number of guanidine groups is 1. The third kappa shape index (κ3) is 2.30. The van der Waals surface area contributed by atoms with Crippen molar-refractivity contribution in [1.29, 1.82) is 0 Å². The van der Waals surface area contributed by atoms with E-state index in [0.717, 1.165) is 18.2 Å². The molecule has 1 heterocycles. The number of para-hydroxylation sites is 1. The van der Waals surface area contributed by atoms with Crippen molar-refractivity contribution in [2.45, 2.75) is 12.8 Å². The van der Waals surface area contributed by atoms with Gasteiger partial charge in [-0.1, -0.05) is 18.2 Å². The van der Waals surface area contributed by atoms with Gasteiger partial charge in [0, 0.05) is 12.2 Å². The molecule has 0 bridgehead atoms. The van der Waals surface area contributed by atoms with Crippen LogP contribution in [0, 0.1) is 5.92 Å². The van der Waals surface area contributed by atoms with E-state index in [-0.39, 0.29) is 12.5 Å². The number of nitrogens with one attached hydrogen (secondary N) is 1. The molecular formula is C13H15N3O. The molecule has 1 aromatic carbocycles. The molecule has 4 heteroatoms. The van der Waals surface area contributed by atoms with Gasteiger partial charge in [0.25, 0.3) is 0 Å². The predicted molar refractivity (Wildman–Crippen MR) is 67.0 cm³/mol. The van der Waals surface area contributed by atoms with Crippen LogP contribution in [-0.4, -0.2) is 25.0 Å². The van der Waals surface area contributed by atoms with Gasteiger partial charge >= 0.3 is 0 Å². The van der Waals surface area contributed by atoms with Crippen molar-refractivity contribution in [3.63, 3.8) is 0 Å². The molecule has 3 rings (SSSR count). The molecule has 1 aromatic rings. The van der Waals surface area contributed by atoms with Gasteiger partial charge in [-0.2, -0.15) is 0 Å². The smallest absolute Gasteiger partial charge is 0.248 e. The van der Waals surface area contributed by atoms with Gasteiger partial charge in [-0.25, -0.2) is 4.99 Å². The molecule has 1 saturated carbocycles. The van der Waals surface area contributed by atoms with Crippen LogP contribution in [0.3, 0.4) is 0 Å². The molecule has 1 amide bonds. The minimum absolute atomic E-state index is 0.0169. The molecule has 1 N–H and O–H groups in total. The summed E-state index contributed by atoms with van der Waals surface area (Å²) in [5.74, 6) is 1.43. The van der Waals surface area contributed by atoms with E-state index in [0.29, 0.717) is 5.96 Å². The summed E-state index contributed by atoms with van der Waals surface area (Å²) in [6.07, 6.45) is 2.56. The van der Waals surface area contributed by atoms with Crippen molar-refractivity contribution < 1.29 is 4.79 Å². The quantitative estimate of drug-likeness (QED) is 0.851. The van der Waals surface area contributed by atoms with Crippen LogP contribution >= 0.6 is 0 Å². The molecule has 0 unspecified atom stereocenters. The molecule has 2 aliphatic rings. The van der Waals surface area contributed by atoms with Gasteiger partial charge in [-0.3, -0.25) is 10.1 Å². The first-order valence-electron chi connectivity index (χ1n) is 6.00. The second kappa shape index (κ2) is 4.20. The second-order valence-corrected chi connectivity index (χ2v) is 4.58. The lowest BCUT2D eigenvalue weighted by molar-refractivity contribution is -0.117. The van der Waals surface area contributed by atoms with Crippen molar-refractivity contribution in [3.05, 3.63) is 30.3 Å². The number of carbonyl (C=O) groups excluding carboxylic acids is 1. The highest BCUT2D eigenvalue weighted by Gasteiger charge is 2.28. The lowest BCUT2D eigenvalue weighted by Crippen LogP contribution is -2.41. The number of nitrogens with zero attached hydrogens (tertiary/aromatic N) is 2. The van der Waals surface area contributed by atoms with Gasteiger partial charge < -0.3 is 4.90 Å². The van der Waals surface area contributed by atoms with Gasteiger partial charge in [-0.15, -0.1) is 0 Å². The first-order chi connectivity index (χ1) is 8.33. The summed E-state index contributed by atoms with van der Waals surface area (Å²) in [4.78, 5) is 17.6. The summed E-state index contributed by atoms with van der Waals surface area (Å²) in [7, 11) is 0. The van der Waals surface area contributed by atoms with Crippen molar-refractivity contribution >= 4 is 17.6 Å². The average Bonchev–Trinajstić information content (AvgIpc) is 3.08. The summed E-state index contributed by atoms with van der Waals surface area (Å²) < 4.78 is 0. The van der Waals surface area contributed by atoms with Gasteiger partial charge in [0.05, 0.1) is 0 Å². The van der Waals surface area contributed by atoms with Crippen LogP contribution in [0.25, 0.3) is 0 Å². The molecule has 1 aliphatic carbocycles. The van der Waals surface area contributed by atoms with Crippen LogP contribution in [-0.2, 0) is 4.79 Å². The van der Waals surface area contributed by atoms with Crippen molar-refractivity contribution in [2.75, 3.05) is 18.0 Å². The summed E-state index contributed by atoms with van der Waals surface area (Å²) in [6.45, 7) is 1.20. The van der Waals surface area contributed by atoms with E-state index in [1.54, 1.807) is 0 Å². The zero-order valence-corrected chi connectivity index (χ0v) is 9.60. The summed E-state index contributed by atoms with van der Waals surface area (Å²) >= 11 is 0. The Morgan fingerprint density at radius 2 is 2.06 bits per heavy atom. The topological polar surface area (TPSA) is 44.7 Å². The number of aliphatic imine (C=N–C) groups is 1. The third-order valence-electron chi connectivity index (χ3n) is 3.08. The van der Waals surface area contributed by atoms with Crippen LogP contribution in [0.5, 0.6) is 0 Å². The molecule has 0 saturated heterocycles. The predicted octanol–water partition coefficient (Wildman–Crippen LogP) is 1.39. The van der Waals surface area contributed by atoms with Crippen molar-refractivity contribution in [3.8, 4) is 0 Å². The number of anilines is 1. The van der Waals surface area contributed by atoms with Gasteiger partial charge in [-0.05, 0) is 30.9 Å². The van der Waals surface area contributed by atoms with E-state index in [1.807, 2.05) is 18.2 Å². The Kier molecular flexibility index (Phi) is 2.55. The van der Waals surface area contributed by atoms with Crippen molar-refractivity contribution in [2.24, 2.45) is 10.9 Å². The molecule has 4 nitrogen and oxygen atoms in total. The molecule has 88 valence electrons. The number of hydrogen-bond donors (Lipinski definition) is 1. The lowest BCUT2D eigenvalue weighted by Gasteiger charge is -2.24. The van der Waals surface area contributed by atoms with Crippen LogP contribution in [0.1, 0.15) is 12.8 Å². The summed E-state index contributed by atoms with van der Waals surface area (Å²) in [6, 6.07) is 10.1. The highest BCUT2D eigenvalue weighted by molar-refractivity contribution is 6.10. The van der Waals surface area contributed by atoms with Gasteiger partial charge in [0.1, 0.15) is 6.54 Å². The number of amides is 1. The number of benzene rings is 1. The molecule has 1 aliphatic heterocycles. The fraction of sp³-hybridized carbons (Fsp3) is 0.385. The number of rotatable bonds is 3. The molecule has 0 spiro atoms. The van der Waals surface area contributed by atoms with Crippen molar-refractivity contribution in [1.82, 2.24) is 5.32 Å². The first kappa shape index (κ1) is 10.3. The molecular weight excluding hydrogens is 214 g/mol. The maximum atomic E-state index is 11.2. The van der Waals surface area contributed by atoms with E-state index in [1.165, 1.54) is 12.8 Å².